The molecule has 1 unspecified atom stereocenters. The summed E-state index contributed by atoms with van der Waals surface area (Å²) in [6.07, 6.45) is 1.54. The number of hydrogen-bond donors (Lipinski definition) is 1. The Morgan fingerprint density at radius 2 is 2.18 bits per heavy atom. The van der Waals surface area contributed by atoms with Crippen molar-refractivity contribution in [2.75, 3.05) is 6.54 Å². The molecule has 0 radical (unpaired) electrons. The minimum absolute atomic E-state index is 0.0173. The summed E-state index contributed by atoms with van der Waals surface area (Å²) in [7, 11) is 0. The normalized spacial score (nSPS) is 18.1. The van der Waals surface area contributed by atoms with Crippen LogP contribution in [0.1, 0.15) is 35.4 Å². The summed E-state index contributed by atoms with van der Waals surface area (Å²) in [5, 5.41) is 9.82. The molecule has 1 amide bonds. The average Bonchev–Trinajstić information content (AvgIpc) is 3.03. The number of carboxylic acids is 1. The van der Waals surface area contributed by atoms with Crippen LogP contribution >= 0.6 is 15.9 Å². The highest BCUT2D eigenvalue weighted by atomic mass is 79.9. The number of benzene rings is 1. The monoisotopic (exact) mass is 365 g/mol. The summed E-state index contributed by atoms with van der Waals surface area (Å²) in [5.41, 5.74) is 1.65. The Labute approximate surface area is 136 Å². The summed E-state index contributed by atoms with van der Waals surface area (Å²) in [5.74, 6) is -0.835. The molecular formula is C16H16BrNO4. The molecule has 1 aliphatic heterocycles. The van der Waals surface area contributed by atoms with E-state index < -0.39 is 5.97 Å². The van der Waals surface area contributed by atoms with Crippen LogP contribution in [0.15, 0.2) is 27.1 Å². The maximum absolute atomic E-state index is 12.6. The molecular weight excluding hydrogens is 350 g/mol. The molecule has 116 valence electrons. The third-order valence-corrected chi connectivity index (χ3v) is 4.48. The Bertz CT molecular complexity index is 752. The smallest absolute Gasteiger partial charge is 0.305 e. The Morgan fingerprint density at radius 3 is 2.91 bits per heavy atom. The summed E-state index contributed by atoms with van der Waals surface area (Å²) in [6.45, 7) is 2.50. The first-order valence-corrected chi connectivity index (χ1v) is 7.97. The molecule has 2 aromatic rings. The van der Waals surface area contributed by atoms with Crippen molar-refractivity contribution in [1.82, 2.24) is 4.90 Å². The van der Waals surface area contributed by atoms with E-state index in [0.29, 0.717) is 12.1 Å². The molecule has 0 spiro atoms. The van der Waals surface area contributed by atoms with Gasteiger partial charge in [0.05, 0.1) is 6.42 Å². The molecule has 1 N–H and O–H groups in total. The zero-order chi connectivity index (χ0) is 15.9. The predicted octanol–water partition coefficient (Wildman–Crippen LogP) is 3.58. The number of furan rings is 1. The number of likely N-dealkylation sites (tertiary alicyclic amines) is 1. The zero-order valence-electron chi connectivity index (χ0n) is 12.1. The van der Waals surface area contributed by atoms with Crippen molar-refractivity contribution in [2.24, 2.45) is 0 Å². The number of rotatable bonds is 3. The van der Waals surface area contributed by atoms with Crippen LogP contribution < -0.4 is 0 Å². The molecule has 1 atom stereocenters. The number of amides is 1. The first kappa shape index (κ1) is 15.1. The van der Waals surface area contributed by atoms with Crippen LogP contribution in [0.25, 0.3) is 11.0 Å². The maximum atomic E-state index is 12.6. The summed E-state index contributed by atoms with van der Waals surface area (Å²) >= 11 is 3.43. The van der Waals surface area contributed by atoms with Crippen LogP contribution in [0, 0.1) is 6.92 Å². The van der Waals surface area contributed by atoms with Gasteiger partial charge < -0.3 is 14.4 Å². The molecule has 22 heavy (non-hydrogen) atoms. The van der Waals surface area contributed by atoms with E-state index in [2.05, 4.69) is 15.9 Å². The second-order valence-electron chi connectivity index (χ2n) is 5.64. The lowest BCUT2D eigenvalue weighted by molar-refractivity contribution is -0.137. The molecule has 1 aromatic heterocycles. The molecule has 2 heterocycles. The molecule has 3 rings (SSSR count). The van der Waals surface area contributed by atoms with Gasteiger partial charge in [-0.1, -0.05) is 15.9 Å². The van der Waals surface area contributed by atoms with Gasteiger partial charge in [-0.05, 0) is 43.5 Å². The number of aryl methyl sites for hydroxylation is 1. The van der Waals surface area contributed by atoms with E-state index in [-0.39, 0.29) is 24.1 Å². The third-order valence-electron chi connectivity index (χ3n) is 4.03. The van der Waals surface area contributed by atoms with Crippen molar-refractivity contribution in [1.29, 1.82) is 0 Å². The van der Waals surface area contributed by atoms with E-state index in [1.54, 1.807) is 11.0 Å². The molecule has 1 aromatic carbocycles. The van der Waals surface area contributed by atoms with Crippen LogP contribution in [-0.4, -0.2) is 34.5 Å². The molecule has 1 fully saturated rings. The van der Waals surface area contributed by atoms with Crippen LogP contribution in [-0.2, 0) is 4.79 Å². The van der Waals surface area contributed by atoms with Gasteiger partial charge in [0.15, 0.2) is 5.76 Å². The minimum atomic E-state index is -0.880. The maximum Gasteiger partial charge on any atom is 0.305 e. The van der Waals surface area contributed by atoms with Gasteiger partial charge in [-0.15, -0.1) is 0 Å². The molecule has 1 aliphatic rings. The van der Waals surface area contributed by atoms with Crippen molar-refractivity contribution in [3.8, 4) is 0 Å². The molecule has 0 bridgehead atoms. The van der Waals surface area contributed by atoms with Gasteiger partial charge in [0, 0.05) is 22.4 Å². The molecule has 0 aliphatic carbocycles. The molecule has 5 nitrogen and oxygen atoms in total. The number of carbonyl (C=O) groups is 2. The second-order valence-corrected chi connectivity index (χ2v) is 6.56. The number of halogens is 1. The molecule has 6 heteroatoms. The third kappa shape index (κ3) is 2.75. The van der Waals surface area contributed by atoms with Crippen molar-refractivity contribution in [3.63, 3.8) is 0 Å². The Hall–Kier alpha value is -1.82. The van der Waals surface area contributed by atoms with E-state index in [1.807, 2.05) is 19.1 Å². The van der Waals surface area contributed by atoms with E-state index >= 15 is 0 Å². The number of aliphatic carboxylic acids is 1. The number of carboxylic acid groups (broad SMARTS) is 1. The van der Waals surface area contributed by atoms with E-state index in [0.717, 1.165) is 28.3 Å². The molecule has 1 saturated heterocycles. The largest absolute Gasteiger partial charge is 0.481 e. The quantitative estimate of drug-likeness (QED) is 0.902. The van der Waals surface area contributed by atoms with Crippen molar-refractivity contribution < 1.29 is 19.1 Å². The van der Waals surface area contributed by atoms with Gasteiger partial charge in [-0.2, -0.15) is 0 Å². The Morgan fingerprint density at radius 1 is 1.41 bits per heavy atom. The summed E-state index contributed by atoms with van der Waals surface area (Å²) in [6, 6.07) is 5.32. The average molecular weight is 366 g/mol. The van der Waals surface area contributed by atoms with E-state index in [4.69, 9.17) is 9.52 Å². The van der Waals surface area contributed by atoms with Crippen molar-refractivity contribution in [3.05, 3.63) is 34.0 Å². The topological polar surface area (TPSA) is 70.8 Å². The first-order valence-electron chi connectivity index (χ1n) is 7.18. The number of fused-ring (bicyclic) bond motifs is 1. The highest BCUT2D eigenvalue weighted by Crippen LogP contribution is 2.29. The number of hydrogen-bond acceptors (Lipinski definition) is 3. The Kier molecular flexibility index (Phi) is 3.95. The first-order chi connectivity index (χ1) is 10.5. The van der Waals surface area contributed by atoms with Gasteiger partial charge in [-0.25, -0.2) is 0 Å². The highest BCUT2D eigenvalue weighted by molar-refractivity contribution is 9.10. The predicted molar refractivity (Wildman–Crippen MR) is 85.0 cm³/mol. The van der Waals surface area contributed by atoms with Crippen LogP contribution in [0.4, 0.5) is 0 Å². The fraction of sp³-hybridized carbons (Fsp3) is 0.375. The fourth-order valence-corrected chi connectivity index (χ4v) is 3.64. The van der Waals surface area contributed by atoms with Crippen molar-refractivity contribution >= 4 is 38.8 Å². The lowest BCUT2D eigenvalue weighted by Gasteiger charge is -2.22. The van der Waals surface area contributed by atoms with Gasteiger partial charge >= 0.3 is 5.97 Å². The second kappa shape index (κ2) is 5.76. The molecule has 0 saturated carbocycles. The van der Waals surface area contributed by atoms with Gasteiger partial charge in [0.2, 0.25) is 0 Å². The fourth-order valence-electron chi connectivity index (χ4n) is 3.05. The van der Waals surface area contributed by atoms with Gasteiger partial charge in [0.1, 0.15) is 5.58 Å². The number of nitrogens with zero attached hydrogens (tertiary/aromatic N) is 1. The minimum Gasteiger partial charge on any atom is -0.481 e. The van der Waals surface area contributed by atoms with Gasteiger partial charge in [-0.3, -0.25) is 9.59 Å². The lowest BCUT2D eigenvalue weighted by Crippen LogP contribution is -2.36. The van der Waals surface area contributed by atoms with Crippen LogP contribution in [0.3, 0.4) is 0 Å². The van der Waals surface area contributed by atoms with E-state index in [9.17, 15) is 9.59 Å². The van der Waals surface area contributed by atoms with Gasteiger partial charge in [0.25, 0.3) is 5.91 Å². The standard InChI is InChI=1S/C16H16BrNO4/c1-9-5-11(17)6-10-7-13(22-15(9)10)16(21)18-4-2-3-12(18)8-14(19)20/h5-7,12H,2-4,8H2,1H3,(H,19,20). The van der Waals surface area contributed by atoms with Crippen LogP contribution in [0.5, 0.6) is 0 Å². The summed E-state index contributed by atoms with van der Waals surface area (Å²) < 4.78 is 6.65. The SMILES string of the molecule is Cc1cc(Br)cc2cc(C(=O)N3CCCC3CC(=O)O)oc12. The highest BCUT2D eigenvalue weighted by Gasteiger charge is 2.32. The van der Waals surface area contributed by atoms with E-state index in [1.165, 1.54) is 0 Å². The van der Waals surface area contributed by atoms with Crippen molar-refractivity contribution in [2.45, 2.75) is 32.2 Å². The van der Waals surface area contributed by atoms with Crippen LogP contribution in [0.2, 0.25) is 0 Å². The summed E-state index contributed by atoms with van der Waals surface area (Å²) in [4.78, 5) is 25.2. The lowest BCUT2D eigenvalue weighted by atomic mass is 10.1. The number of carbonyl (C=O) groups excluding carboxylic acids is 1. The Balaban J connectivity index is 1.91. The zero-order valence-corrected chi connectivity index (χ0v) is 13.7.